The minimum absolute atomic E-state index is 0.107. The highest BCUT2D eigenvalue weighted by atomic mass is 19.1. The van der Waals surface area contributed by atoms with E-state index < -0.39 is 0 Å². The average molecular weight is 358 g/mol. The first-order valence-electron chi connectivity index (χ1n) is 9.85. The zero-order chi connectivity index (χ0) is 19.0. The summed E-state index contributed by atoms with van der Waals surface area (Å²) >= 11 is 0. The Bertz CT molecular complexity index is 656. The Kier molecular flexibility index (Phi) is 7.66. The van der Waals surface area contributed by atoms with Gasteiger partial charge in [0.25, 0.3) is 0 Å². The molecular weight excluding hydrogens is 325 g/mol. The van der Waals surface area contributed by atoms with Crippen molar-refractivity contribution in [1.82, 2.24) is 5.32 Å². The normalized spacial score (nSPS) is 15.8. The second kappa shape index (κ2) is 9.73. The van der Waals surface area contributed by atoms with Crippen LogP contribution in [0.25, 0.3) is 0 Å². The maximum Gasteiger partial charge on any atom is 0.126 e. The van der Waals surface area contributed by atoms with Crippen molar-refractivity contribution in [2.45, 2.75) is 70.1 Å². The molecule has 142 valence electrons. The molecule has 0 radical (unpaired) electrons. The molecular formula is C23H32FNO. The number of halogens is 1. The second-order valence-electron chi connectivity index (χ2n) is 7.72. The van der Waals surface area contributed by atoms with Crippen LogP contribution in [0, 0.1) is 18.7 Å². The van der Waals surface area contributed by atoms with Crippen LogP contribution in [-0.2, 0) is 10.2 Å². The summed E-state index contributed by atoms with van der Waals surface area (Å²) in [7, 11) is 1.91. The molecule has 1 aliphatic carbocycles. The highest BCUT2D eigenvalue weighted by Gasteiger charge is 2.43. The number of allylic oxidation sites excluding steroid dienone is 2. The van der Waals surface area contributed by atoms with Gasteiger partial charge in [0.15, 0.2) is 0 Å². The second-order valence-corrected chi connectivity index (χ2v) is 7.72. The van der Waals surface area contributed by atoms with Crippen molar-refractivity contribution in [2.75, 3.05) is 7.05 Å². The van der Waals surface area contributed by atoms with E-state index in [2.05, 4.69) is 11.9 Å². The zero-order valence-corrected chi connectivity index (χ0v) is 16.2. The highest BCUT2D eigenvalue weighted by Crippen LogP contribution is 2.52. The third-order valence-corrected chi connectivity index (χ3v) is 5.89. The molecule has 1 aliphatic rings. The van der Waals surface area contributed by atoms with Crippen LogP contribution in [-0.4, -0.2) is 13.0 Å². The molecule has 1 atom stereocenters. The lowest BCUT2D eigenvalue weighted by atomic mass is 9.88. The molecule has 3 heteroatoms. The van der Waals surface area contributed by atoms with Crippen molar-refractivity contribution in [2.24, 2.45) is 5.92 Å². The fourth-order valence-corrected chi connectivity index (χ4v) is 3.88. The van der Waals surface area contributed by atoms with E-state index in [4.69, 9.17) is 0 Å². The average Bonchev–Trinajstić information content (AvgIpc) is 3.42. The van der Waals surface area contributed by atoms with E-state index in [0.717, 1.165) is 30.5 Å². The van der Waals surface area contributed by atoms with Crippen LogP contribution >= 0.6 is 0 Å². The summed E-state index contributed by atoms with van der Waals surface area (Å²) < 4.78 is 13.5. The summed E-state index contributed by atoms with van der Waals surface area (Å²) in [5.41, 5.74) is 3.44. The number of hydrogen-bond acceptors (Lipinski definition) is 2. The summed E-state index contributed by atoms with van der Waals surface area (Å²) in [5.74, 6) is 2.16. The van der Waals surface area contributed by atoms with E-state index in [9.17, 15) is 9.18 Å². The fraction of sp³-hybridized carbons (Fsp3) is 0.565. The Morgan fingerprint density at radius 1 is 1.35 bits per heavy atom. The lowest BCUT2D eigenvalue weighted by molar-refractivity contribution is 0.455. The van der Waals surface area contributed by atoms with Gasteiger partial charge in [-0.1, -0.05) is 38.0 Å². The Hall–Kier alpha value is -1.86. The van der Waals surface area contributed by atoms with Crippen molar-refractivity contribution >= 4 is 5.94 Å². The van der Waals surface area contributed by atoms with Gasteiger partial charge in [0.2, 0.25) is 0 Å². The number of unbranched alkanes of at least 4 members (excludes halogenated alkanes) is 2. The molecule has 1 fully saturated rings. The van der Waals surface area contributed by atoms with Gasteiger partial charge in [0.1, 0.15) is 11.8 Å². The van der Waals surface area contributed by atoms with E-state index in [1.165, 1.54) is 44.1 Å². The van der Waals surface area contributed by atoms with Crippen LogP contribution in [0.2, 0.25) is 0 Å². The molecule has 1 unspecified atom stereocenters. The molecule has 0 heterocycles. The van der Waals surface area contributed by atoms with Gasteiger partial charge in [-0.05, 0) is 80.1 Å². The van der Waals surface area contributed by atoms with E-state index in [1.807, 2.05) is 32.0 Å². The summed E-state index contributed by atoms with van der Waals surface area (Å²) in [6, 6.07) is 5.63. The zero-order valence-electron chi connectivity index (χ0n) is 16.2. The molecule has 2 nitrogen and oxygen atoms in total. The van der Waals surface area contributed by atoms with Gasteiger partial charge in [-0.3, -0.25) is 0 Å². The third kappa shape index (κ3) is 5.57. The molecule has 0 spiro atoms. The Labute approximate surface area is 157 Å². The molecule has 0 bridgehead atoms. The van der Waals surface area contributed by atoms with Gasteiger partial charge in [-0.25, -0.2) is 9.18 Å². The van der Waals surface area contributed by atoms with Gasteiger partial charge in [-0.2, -0.15) is 0 Å². The molecule has 0 aromatic heterocycles. The van der Waals surface area contributed by atoms with Crippen molar-refractivity contribution in [3.05, 3.63) is 53.5 Å². The van der Waals surface area contributed by atoms with Crippen LogP contribution in [0.3, 0.4) is 0 Å². The highest BCUT2D eigenvalue weighted by molar-refractivity contribution is 5.44. The minimum atomic E-state index is -0.107. The van der Waals surface area contributed by atoms with Gasteiger partial charge in [0, 0.05) is 12.7 Å². The fourth-order valence-electron chi connectivity index (χ4n) is 3.88. The van der Waals surface area contributed by atoms with Gasteiger partial charge < -0.3 is 5.32 Å². The maximum absolute atomic E-state index is 13.5. The Balaban J connectivity index is 1.75. The molecule has 1 aromatic carbocycles. The van der Waals surface area contributed by atoms with Crippen molar-refractivity contribution in [1.29, 1.82) is 0 Å². The monoisotopic (exact) mass is 357 g/mol. The van der Waals surface area contributed by atoms with Crippen LogP contribution in [0.4, 0.5) is 4.39 Å². The van der Waals surface area contributed by atoms with Crippen LogP contribution in [0.15, 0.2) is 36.6 Å². The lowest BCUT2D eigenvalue weighted by Crippen LogP contribution is -2.15. The molecule has 0 aliphatic heterocycles. The molecule has 1 saturated carbocycles. The number of benzene rings is 1. The van der Waals surface area contributed by atoms with Gasteiger partial charge in [-0.15, -0.1) is 0 Å². The first-order chi connectivity index (χ1) is 12.5. The lowest BCUT2D eigenvalue weighted by Gasteiger charge is -2.19. The number of nitrogens with one attached hydrogen (secondary N) is 1. The standard InChI is InChI=1S/C23H32FNO/c1-18-17-21(11-12-22(18)24)23(14-15-23)13-7-4-5-9-20(19(2)25-3)10-6-8-16-26/h8,11-12,17,20,25H,2,4-7,9-10,13-15H2,1,3H3. The number of aryl methyl sites for hydroxylation is 1. The predicted molar refractivity (Wildman–Crippen MR) is 106 cm³/mol. The predicted octanol–water partition coefficient (Wildman–Crippen LogP) is 5.63. The number of hydrogen-bond donors (Lipinski definition) is 1. The van der Waals surface area contributed by atoms with Crippen LogP contribution < -0.4 is 5.32 Å². The molecule has 26 heavy (non-hydrogen) atoms. The minimum Gasteiger partial charge on any atom is -0.392 e. The van der Waals surface area contributed by atoms with Gasteiger partial charge >= 0.3 is 0 Å². The molecule has 0 amide bonds. The van der Waals surface area contributed by atoms with Crippen molar-refractivity contribution < 1.29 is 9.18 Å². The van der Waals surface area contributed by atoms with Crippen LogP contribution in [0.5, 0.6) is 0 Å². The van der Waals surface area contributed by atoms with E-state index in [0.29, 0.717) is 11.3 Å². The van der Waals surface area contributed by atoms with Crippen molar-refractivity contribution in [3.63, 3.8) is 0 Å². The number of rotatable bonds is 12. The van der Waals surface area contributed by atoms with E-state index >= 15 is 0 Å². The quantitative estimate of drug-likeness (QED) is 0.388. The first-order valence-corrected chi connectivity index (χ1v) is 9.85. The molecule has 0 saturated heterocycles. The summed E-state index contributed by atoms with van der Waals surface area (Å²) in [5, 5.41) is 3.16. The topological polar surface area (TPSA) is 29.1 Å². The van der Waals surface area contributed by atoms with E-state index in [-0.39, 0.29) is 5.82 Å². The largest absolute Gasteiger partial charge is 0.392 e. The summed E-state index contributed by atoms with van der Waals surface area (Å²) in [6.07, 6.45) is 11.6. The Morgan fingerprint density at radius 2 is 2.12 bits per heavy atom. The smallest absolute Gasteiger partial charge is 0.126 e. The van der Waals surface area contributed by atoms with Crippen molar-refractivity contribution in [3.8, 4) is 0 Å². The Morgan fingerprint density at radius 3 is 2.73 bits per heavy atom. The third-order valence-electron chi connectivity index (χ3n) is 5.89. The number of carbonyl (C=O) groups excluding carboxylic acids is 1. The molecule has 1 aromatic rings. The summed E-state index contributed by atoms with van der Waals surface area (Å²) in [4.78, 5) is 10.3. The van der Waals surface area contributed by atoms with E-state index in [1.54, 1.807) is 12.1 Å². The van der Waals surface area contributed by atoms with Crippen LogP contribution in [0.1, 0.15) is 68.9 Å². The maximum atomic E-state index is 13.5. The molecule has 2 rings (SSSR count). The first kappa shape index (κ1) is 20.5. The summed E-state index contributed by atoms with van der Waals surface area (Å²) in [6.45, 7) is 5.95. The van der Waals surface area contributed by atoms with Gasteiger partial charge in [0.05, 0.1) is 0 Å². The SMILES string of the molecule is C=C(NC)C(CCC=C=O)CCCCCC1(c2ccc(F)c(C)c2)CC1. The molecule has 1 N–H and O–H groups in total.